The number of aromatic nitrogens is 1. The summed E-state index contributed by atoms with van der Waals surface area (Å²) in [5.41, 5.74) is 1.49. The first-order valence-electron chi connectivity index (χ1n) is 7.95. The number of nitrogens with one attached hydrogen (secondary N) is 1. The maximum atomic E-state index is 11.9. The Hall–Kier alpha value is -2.43. The van der Waals surface area contributed by atoms with Gasteiger partial charge >= 0.3 is 0 Å². The number of ketones is 1. The summed E-state index contributed by atoms with van der Waals surface area (Å²) in [4.78, 5) is 27.2. The van der Waals surface area contributed by atoms with Gasteiger partial charge in [0.1, 0.15) is 6.26 Å². The van der Waals surface area contributed by atoms with Gasteiger partial charge < -0.3 is 9.73 Å². The lowest BCUT2D eigenvalue weighted by Crippen LogP contribution is -2.18. The molecule has 122 valence electrons. The van der Waals surface area contributed by atoms with Crippen molar-refractivity contribution in [2.75, 3.05) is 7.05 Å². The van der Waals surface area contributed by atoms with Gasteiger partial charge in [-0.3, -0.25) is 9.59 Å². The fourth-order valence-corrected chi connectivity index (χ4v) is 2.35. The summed E-state index contributed by atoms with van der Waals surface area (Å²) in [6.07, 6.45) is 6.72. The number of unbranched alkanes of at least 4 members (excludes halogenated alkanes) is 3. The van der Waals surface area contributed by atoms with E-state index in [9.17, 15) is 9.59 Å². The van der Waals surface area contributed by atoms with E-state index in [4.69, 9.17) is 4.42 Å². The number of oxazole rings is 1. The molecule has 1 aromatic carbocycles. The number of Topliss-reactive ketones (excluding diaryl/α,β-unsaturated/α-hetero) is 1. The van der Waals surface area contributed by atoms with E-state index in [1.165, 1.54) is 18.9 Å². The van der Waals surface area contributed by atoms with Gasteiger partial charge in [0.25, 0.3) is 11.8 Å². The third-order valence-corrected chi connectivity index (χ3v) is 3.66. The molecule has 1 amide bonds. The first kappa shape index (κ1) is 16.9. The van der Waals surface area contributed by atoms with Crippen LogP contribution in [0.25, 0.3) is 0 Å². The van der Waals surface area contributed by atoms with E-state index in [0.29, 0.717) is 6.42 Å². The fraction of sp³-hybridized carbons (Fsp3) is 0.389. The van der Waals surface area contributed by atoms with Gasteiger partial charge in [0.2, 0.25) is 5.78 Å². The number of carbonyl (C=O) groups excluding carboxylic acids is 2. The summed E-state index contributed by atoms with van der Waals surface area (Å²) in [6, 6.07) is 10.4. The number of carbonyl (C=O) groups is 2. The van der Waals surface area contributed by atoms with Gasteiger partial charge in [-0.05, 0) is 24.8 Å². The largest absolute Gasteiger partial charge is 0.441 e. The summed E-state index contributed by atoms with van der Waals surface area (Å²) in [5.74, 6) is -0.482. The molecule has 0 spiro atoms. The maximum absolute atomic E-state index is 11.9. The second-order valence-electron chi connectivity index (χ2n) is 5.44. The second-order valence-corrected chi connectivity index (χ2v) is 5.44. The van der Waals surface area contributed by atoms with Crippen LogP contribution in [0.3, 0.4) is 0 Å². The van der Waals surface area contributed by atoms with Crippen molar-refractivity contribution >= 4 is 11.7 Å². The van der Waals surface area contributed by atoms with Crippen molar-refractivity contribution in [1.29, 1.82) is 0 Å². The normalized spacial score (nSPS) is 10.5. The predicted molar refractivity (Wildman–Crippen MR) is 87.5 cm³/mol. The number of nitrogens with zero attached hydrogens (tertiary/aromatic N) is 1. The lowest BCUT2D eigenvalue weighted by atomic mass is 10.0. The van der Waals surface area contributed by atoms with Crippen LogP contribution in [0.5, 0.6) is 0 Å². The molecular formula is C18H22N2O3. The van der Waals surface area contributed by atoms with Crippen LogP contribution in [-0.4, -0.2) is 23.7 Å². The standard InChI is InChI=1S/C18H22N2O3/c1-19-17(22)15-13-23-18(20-15)16(21)12-8-3-2-5-9-14-10-6-4-7-11-14/h4,6-7,10-11,13H,2-3,5,8-9,12H2,1H3,(H,19,22). The summed E-state index contributed by atoms with van der Waals surface area (Å²) in [7, 11) is 1.51. The molecule has 1 heterocycles. The van der Waals surface area contributed by atoms with Crippen molar-refractivity contribution in [3.8, 4) is 0 Å². The number of hydrogen-bond acceptors (Lipinski definition) is 4. The smallest absolute Gasteiger partial charge is 0.272 e. The van der Waals surface area contributed by atoms with Crippen LogP contribution in [-0.2, 0) is 6.42 Å². The molecule has 5 nitrogen and oxygen atoms in total. The average Bonchev–Trinajstić information content (AvgIpc) is 3.08. The van der Waals surface area contributed by atoms with Crippen molar-refractivity contribution < 1.29 is 14.0 Å². The van der Waals surface area contributed by atoms with E-state index in [1.807, 2.05) is 6.07 Å². The van der Waals surface area contributed by atoms with Crippen molar-refractivity contribution in [3.05, 3.63) is 53.7 Å². The minimum Gasteiger partial charge on any atom is -0.441 e. The molecule has 0 saturated heterocycles. The number of benzene rings is 1. The van der Waals surface area contributed by atoms with Crippen LogP contribution in [0.4, 0.5) is 0 Å². The Balaban J connectivity index is 1.63. The Labute approximate surface area is 136 Å². The van der Waals surface area contributed by atoms with Crippen LogP contribution >= 0.6 is 0 Å². The van der Waals surface area contributed by atoms with E-state index in [-0.39, 0.29) is 23.3 Å². The van der Waals surface area contributed by atoms with Crippen molar-refractivity contribution in [2.24, 2.45) is 0 Å². The quantitative estimate of drug-likeness (QED) is 0.568. The molecule has 0 radical (unpaired) electrons. The molecule has 0 aliphatic carbocycles. The van der Waals surface area contributed by atoms with Crippen LogP contribution in [0.1, 0.15) is 58.8 Å². The Kier molecular flexibility index (Phi) is 6.54. The van der Waals surface area contributed by atoms with Gasteiger partial charge in [0, 0.05) is 13.5 Å². The minimum atomic E-state index is -0.353. The van der Waals surface area contributed by atoms with Crippen LogP contribution in [0.2, 0.25) is 0 Å². The summed E-state index contributed by atoms with van der Waals surface area (Å²) in [6.45, 7) is 0. The zero-order valence-corrected chi connectivity index (χ0v) is 13.4. The van der Waals surface area contributed by atoms with E-state index < -0.39 is 0 Å². The highest BCUT2D eigenvalue weighted by atomic mass is 16.3. The topological polar surface area (TPSA) is 72.2 Å². The molecule has 0 aliphatic heterocycles. The van der Waals surface area contributed by atoms with Gasteiger partial charge in [-0.25, -0.2) is 4.98 Å². The molecule has 0 saturated carbocycles. The van der Waals surface area contributed by atoms with Crippen molar-refractivity contribution in [1.82, 2.24) is 10.3 Å². The number of amides is 1. The lowest BCUT2D eigenvalue weighted by Gasteiger charge is -2.01. The highest BCUT2D eigenvalue weighted by molar-refractivity contribution is 5.95. The zero-order chi connectivity index (χ0) is 16.5. The molecule has 2 rings (SSSR count). The van der Waals surface area contributed by atoms with Crippen LogP contribution in [0.15, 0.2) is 41.0 Å². The molecule has 0 bridgehead atoms. The van der Waals surface area contributed by atoms with Gasteiger partial charge in [0.05, 0.1) is 0 Å². The number of aryl methyl sites for hydroxylation is 1. The third kappa shape index (κ3) is 5.36. The molecule has 0 fully saturated rings. The van der Waals surface area contributed by atoms with Gasteiger partial charge in [0.15, 0.2) is 5.69 Å². The molecule has 0 unspecified atom stereocenters. The molecule has 0 aliphatic rings. The Morgan fingerprint density at radius 1 is 1.09 bits per heavy atom. The van der Waals surface area contributed by atoms with E-state index in [0.717, 1.165) is 32.1 Å². The SMILES string of the molecule is CNC(=O)c1coc(C(=O)CCCCCCc2ccccc2)n1. The van der Waals surface area contributed by atoms with Crippen molar-refractivity contribution in [2.45, 2.75) is 38.5 Å². The van der Waals surface area contributed by atoms with E-state index in [2.05, 4.69) is 34.6 Å². The minimum absolute atomic E-state index is 0.0212. The Morgan fingerprint density at radius 3 is 2.57 bits per heavy atom. The highest BCUT2D eigenvalue weighted by Crippen LogP contribution is 2.11. The molecule has 23 heavy (non-hydrogen) atoms. The Morgan fingerprint density at radius 2 is 1.83 bits per heavy atom. The zero-order valence-electron chi connectivity index (χ0n) is 13.4. The maximum Gasteiger partial charge on any atom is 0.272 e. The van der Waals surface area contributed by atoms with Gasteiger partial charge in [-0.1, -0.05) is 43.2 Å². The Bertz CT molecular complexity index is 635. The summed E-state index contributed by atoms with van der Waals surface area (Å²) < 4.78 is 5.06. The van der Waals surface area contributed by atoms with E-state index >= 15 is 0 Å². The first-order valence-corrected chi connectivity index (χ1v) is 7.95. The first-order chi connectivity index (χ1) is 11.2. The number of rotatable bonds is 9. The second kappa shape index (κ2) is 8.88. The molecule has 2 aromatic rings. The molecular weight excluding hydrogens is 292 g/mol. The van der Waals surface area contributed by atoms with Gasteiger partial charge in [-0.15, -0.1) is 0 Å². The summed E-state index contributed by atoms with van der Waals surface area (Å²) >= 11 is 0. The monoisotopic (exact) mass is 314 g/mol. The lowest BCUT2D eigenvalue weighted by molar-refractivity contribution is 0.0945. The fourth-order valence-electron chi connectivity index (χ4n) is 2.35. The third-order valence-electron chi connectivity index (χ3n) is 3.66. The molecule has 0 atom stereocenters. The summed E-state index contributed by atoms with van der Waals surface area (Å²) in [5, 5.41) is 2.44. The van der Waals surface area contributed by atoms with Crippen LogP contribution < -0.4 is 5.32 Å². The molecule has 5 heteroatoms. The predicted octanol–water partition coefficient (Wildman–Crippen LogP) is 3.41. The van der Waals surface area contributed by atoms with Crippen molar-refractivity contribution in [3.63, 3.8) is 0 Å². The van der Waals surface area contributed by atoms with E-state index in [1.54, 1.807) is 0 Å². The molecule has 1 N–H and O–H groups in total. The highest BCUT2D eigenvalue weighted by Gasteiger charge is 2.16. The number of hydrogen-bond donors (Lipinski definition) is 1. The average molecular weight is 314 g/mol. The molecule has 1 aromatic heterocycles. The van der Waals surface area contributed by atoms with Gasteiger partial charge in [-0.2, -0.15) is 0 Å². The van der Waals surface area contributed by atoms with Crippen LogP contribution in [0, 0.1) is 0 Å².